The van der Waals surface area contributed by atoms with Crippen molar-refractivity contribution in [1.82, 2.24) is 0 Å². The third-order valence-electron chi connectivity index (χ3n) is 2.23. The van der Waals surface area contributed by atoms with Crippen molar-refractivity contribution < 1.29 is 9.53 Å². The van der Waals surface area contributed by atoms with E-state index >= 15 is 0 Å². The van der Waals surface area contributed by atoms with Crippen molar-refractivity contribution in [1.29, 1.82) is 0 Å². The number of thioether (sulfide) groups is 1. The summed E-state index contributed by atoms with van der Waals surface area (Å²) in [7, 11) is 0. The van der Waals surface area contributed by atoms with E-state index < -0.39 is 5.97 Å². The number of carbonyl (C=O) groups excluding carboxylic acids is 1. The van der Waals surface area contributed by atoms with Gasteiger partial charge >= 0.3 is 5.97 Å². The minimum absolute atomic E-state index is 0.423. The van der Waals surface area contributed by atoms with Gasteiger partial charge in [0.1, 0.15) is 5.75 Å². The van der Waals surface area contributed by atoms with Crippen LogP contribution in [0.4, 0.5) is 0 Å². The maximum atomic E-state index is 11.0. The van der Waals surface area contributed by atoms with Crippen LogP contribution in [-0.4, -0.2) is 11.7 Å². The van der Waals surface area contributed by atoms with E-state index in [2.05, 4.69) is 13.5 Å². The minimum Gasteiger partial charge on any atom is -0.423 e. The Labute approximate surface area is 107 Å². The maximum absolute atomic E-state index is 11.0. The lowest BCUT2D eigenvalue weighted by molar-refractivity contribution is -0.128. The Morgan fingerprint density at radius 3 is 2.65 bits per heavy atom. The average molecular weight is 250 g/mol. The van der Waals surface area contributed by atoms with Crippen LogP contribution in [-0.2, 0) is 4.79 Å². The molecule has 1 aromatic carbocycles. The highest BCUT2D eigenvalue weighted by molar-refractivity contribution is 7.99. The van der Waals surface area contributed by atoms with Gasteiger partial charge in [0.15, 0.2) is 0 Å². The maximum Gasteiger partial charge on any atom is 0.335 e. The van der Waals surface area contributed by atoms with Crippen LogP contribution in [0.1, 0.15) is 26.2 Å². The molecule has 0 aliphatic rings. The van der Waals surface area contributed by atoms with E-state index in [9.17, 15) is 4.79 Å². The highest BCUT2D eigenvalue weighted by atomic mass is 32.2. The summed E-state index contributed by atoms with van der Waals surface area (Å²) in [5.74, 6) is 1.28. The second-order valence-electron chi connectivity index (χ2n) is 3.65. The molecule has 0 heterocycles. The lowest BCUT2D eigenvalue weighted by Crippen LogP contribution is -2.02. The summed E-state index contributed by atoms with van der Waals surface area (Å²) in [6, 6.07) is 7.57. The fourth-order valence-corrected chi connectivity index (χ4v) is 2.22. The minimum atomic E-state index is -0.423. The number of carbonyl (C=O) groups is 1. The molecule has 0 saturated carbocycles. The van der Waals surface area contributed by atoms with Crippen LogP contribution >= 0.6 is 11.8 Å². The van der Waals surface area contributed by atoms with Crippen LogP contribution in [0.15, 0.2) is 41.8 Å². The molecule has 0 saturated heterocycles. The lowest BCUT2D eigenvalue weighted by atomic mass is 10.3. The summed E-state index contributed by atoms with van der Waals surface area (Å²) >= 11 is 1.83. The van der Waals surface area contributed by atoms with Crippen LogP contribution in [0.3, 0.4) is 0 Å². The molecule has 0 N–H and O–H groups in total. The summed E-state index contributed by atoms with van der Waals surface area (Å²) in [5, 5.41) is 0. The van der Waals surface area contributed by atoms with E-state index in [4.69, 9.17) is 4.74 Å². The van der Waals surface area contributed by atoms with Crippen molar-refractivity contribution in [3.8, 4) is 5.75 Å². The first-order chi connectivity index (χ1) is 8.26. The molecule has 92 valence electrons. The molecule has 0 aliphatic carbocycles. The smallest absolute Gasteiger partial charge is 0.335 e. The number of rotatable bonds is 7. The van der Waals surface area contributed by atoms with Gasteiger partial charge in [-0.1, -0.05) is 26.3 Å². The van der Waals surface area contributed by atoms with E-state index in [0.717, 1.165) is 11.8 Å². The van der Waals surface area contributed by atoms with Crippen molar-refractivity contribution >= 4 is 17.7 Å². The molecule has 0 aliphatic heterocycles. The van der Waals surface area contributed by atoms with Crippen molar-refractivity contribution in [2.75, 3.05) is 5.75 Å². The van der Waals surface area contributed by atoms with Crippen LogP contribution in [0.5, 0.6) is 5.75 Å². The van der Waals surface area contributed by atoms with Crippen molar-refractivity contribution in [3.63, 3.8) is 0 Å². The zero-order valence-corrected chi connectivity index (χ0v) is 11.0. The van der Waals surface area contributed by atoms with E-state index in [0.29, 0.717) is 5.75 Å². The Bertz CT molecular complexity index is 357. The monoisotopic (exact) mass is 250 g/mol. The molecular weight excluding hydrogens is 232 g/mol. The Balaban J connectivity index is 2.39. The zero-order valence-electron chi connectivity index (χ0n) is 10.1. The molecule has 0 amide bonds. The molecule has 0 bridgehead atoms. The first-order valence-electron chi connectivity index (χ1n) is 5.83. The molecule has 0 aromatic heterocycles. The summed E-state index contributed by atoms with van der Waals surface area (Å²) in [6.45, 7) is 5.56. The SMILES string of the molecule is C=CC(=O)Oc1ccc(SCCCCC)cc1. The van der Waals surface area contributed by atoms with Crippen molar-refractivity contribution in [3.05, 3.63) is 36.9 Å². The summed E-state index contributed by atoms with van der Waals surface area (Å²) in [6.07, 6.45) is 4.93. The molecule has 17 heavy (non-hydrogen) atoms. The van der Waals surface area contributed by atoms with Gasteiger partial charge in [-0.3, -0.25) is 0 Å². The zero-order chi connectivity index (χ0) is 12.5. The van der Waals surface area contributed by atoms with Gasteiger partial charge in [0, 0.05) is 11.0 Å². The number of hydrogen-bond acceptors (Lipinski definition) is 3. The second kappa shape index (κ2) is 7.96. The molecule has 2 nitrogen and oxygen atoms in total. The largest absolute Gasteiger partial charge is 0.423 e. The summed E-state index contributed by atoms with van der Waals surface area (Å²) in [4.78, 5) is 12.2. The number of benzene rings is 1. The Kier molecular flexibility index (Phi) is 6.48. The van der Waals surface area contributed by atoms with Gasteiger partial charge in [0.05, 0.1) is 0 Å². The van der Waals surface area contributed by atoms with Gasteiger partial charge in [-0.25, -0.2) is 4.79 Å². The van der Waals surface area contributed by atoms with Crippen molar-refractivity contribution in [2.45, 2.75) is 31.1 Å². The molecule has 0 unspecified atom stereocenters. The Morgan fingerprint density at radius 2 is 2.06 bits per heavy atom. The first kappa shape index (κ1) is 13.8. The molecule has 0 spiro atoms. The lowest BCUT2D eigenvalue weighted by Gasteiger charge is -2.03. The molecule has 0 fully saturated rings. The van der Waals surface area contributed by atoms with Crippen molar-refractivity contribution in [2.24, 2.45) is 0 Å². The van der Waals surface area contributed by atoms with Gasteiger partial charge in [-0.15, -0.1) is 11.8 Å². The molecule has 0 radical (unpaired) electrons. The summed E-state index contributed by atoms with van der Waals surface area (Å²) in [5.41, 5.74) is 0. The van der Waals surface area contributed by atoms with E-state index in [1.807, 2.05) is 36.0 Å². The molecule has 1 aromatic rings. The van der Waals surface area contributed by atoms with Gasteiger partial charge in [0.2, 0.25) is 0 Å². The predicted molar refractivity (Wildman–Crippen MR) is 72.5 cm³/mol. The predicted octanol–water partition coefficient (Wildman–Crippen LogP) is 4.06. The van der Waals surface area contributed by atoms with E-state index in [1.165, 1.54) is 24.2 Å². The topological polar surface area (TPSA) is 26.3 Å². The highest BCUT2D eigenvalue weighted by Gasteiger charge is 2.00. The number of ether oxygens (including phenoxy) is 1. The fraction of sp³-hybridized carbons (Fsp3) is 0.357. The molecular formula is C14H18O2S. The van der Waals surface area contributed by atoms with Gasteiger partial charge in [-0.2, -0.15) is 0 Å². The third-order valence-corrected chi connectivity index (χ3v) is 3.32. The van der Waals surface area contributed by atoms with E-state index in [1.54, 1.807) is 0 Å². The molecule has 0 atom stereocenters. The van der Waals surface area contributed by atoms with Crippen LogP contribution in [0, 0.1) is 0 Å². The van der Waals surface area contributed by atoms with Crippen LogP contribution in [0.25, 0.3) is 0 Å². The van der Waals surface area contributed by atoms with E-state index in [-0.39, 0.29) is 0 Å². The van der Waals surface area contributed by atoms with Gasteiger partial charge in [-0.05, 0) is 36.4 Å². The average Bonchev–Trinajstić information content (AvgIpc) is 2.36. The molecule has 3 heteroatoms. The second-order valence-corrected chi connectivity index (χ2v) is 4.82. The van der Waals surface area contributed by atoms with Gasteiger partial charge in [0.25, 0.3) is 0 Å². The van der Waals surface area contributed by atoms with Crippen LogP contribution < -0.4 is 4.74 Å². The Morgan fingerprint density at radius 1 is 1.35 bits per heavy atom. The number of esters is 1. The van der Waals surface area contributed by atoms with Gasteiger partial charge < -0.3 is 4.74 Å². The molecule has 1 rings (SSSR count). The standard InChI is InChI=1S/C14H18O2S/c1-3-5-6-11-17-13-9-7-12(8-10-13)16-14(15)4-2/h4,7-10H,2-3,5-6,11H2,1H3. The number of hydrogen-bond donors (Lipinski definition) is 0. The Hall–Kier alpha value is -1.22. The third kappa shape index (κ3) is 5.59. The normalized spacial score (nSPS) is 9.94. The van der Waals surface area contributed by atoms with Crippen LogP contribution in [0.2, 0.25) is 0 Å². The number of unbranched alkanes of at least 4 members (excludes halogenated alkanes) is 2. The highest BCUT2D eigenvalue weighted by Crippen LogP contribution is 2.22. The quantitative estimate of drug-likeness (QED) is 0.240. The summed E-state index contributed by atoms with van der Waals surface area (Å²) < 4.78 is 5.00. The first-order valence-corrected chi connectivity index (χ1v) is 6.82. The fourth-order valence-electron chi connectivity index (χ4n) is 1.30.